The predicted molar refractivity (Wildman–Crippen MR) is 57.1 cm³/mol. The summed E-state index contributed by atoms with van der Waals surface area (Å²) in [5, 5.41) is 9.60. The van der Waals surface area contributed by atoms with Gasteiger partial charge in [-0.3, -0.25) is 0 Å². The summed E-state index contributed by atoms with van der Waals surface area (Å²) in [7, 11) is 0. The third-order valence-electron chi connectivity index (χ3n) is 1.75. The van der Waals surface area contributed by atoms with Crippen LogP contribution in [0.1, 0.15) is 13.3 Å². The lowest BCUT2D eigenvalue weighted by molar-refractivity contribution is 0.475. The van der Waals surface area contributed by atoms with Gasteiger partial charge in [-0.25, -0.2) is 0 Å². The van der Waals surface area contributed by atoms with Crippen molar-refractivity contribution in [1.82, 2.24) is 0 Å². The van der Waals surface area contributed by atoms with Gasteiger partial charge in [0.1, 0.15) is 5.75 Å². The molecule has 0 saturated carbocycles. The number of phenols is 1. The fourth-order valence-corrected chi connectivity index (χ4v) is 2.06. The summed E-state index contributed by atoms with van der Waals surface area (Å²) >= 11 is 1.79. The van der Waals surface area contributed by atoms with Crippen LogP contribution in [0.15, 0.2) is 29.2 Å². The number of thioether (sulfide) groups is 1. The highest BCUT2D eigenvalue weighted by atomic mass is 32.2. The number of nitrogens with two attached hydrogens (primary N) is 1. The monoisotopic (exact) mass is 197 g/mol. The Labute approximate surface area is 83.1 Å². The quantitative estimate of drug-likeness (QED) is 0.727. The Balaban J connectivity index is 2.49. The fourth-order valence-electron chi connectivity index (χ4n) is 1.05. The van der Waals surface area contributed by atoms with Crippen molar-refractivity contribution in [2.45, 2.75) is 23.5 Å². The van der Waals surface area contributed by atoms with Crippen LogP contribution in [-0.2, 0) is 0 Å². The van der Waals surface area contributed by atoms with E-state index in [9.17, 15) is 0 Å². The Hall–Kier alpha value is -0.670. The molecule has 13 heavy (non-hydrogen) atoms. The molecule has 1 aromatic carbocycles. The number of aromatic hydroxyl groups is 1. The molecule has 1 unspecified atom stereocenters. The second-order valence-electron chi connectivity index (χ2n) is 3.00. The van der Waals surface area contributed by atoms with Gasteiger partial charge in [-0.1, -0.05) is 6.92 Å². The van der Waals surface area contributed by atoms with Gasteiger partial charge in [0.2, 0.25) is 0 Å². The molecule has 3 N–H and O–H groups in total. The van der Waals surface area contributed by atoms with E-state index in [1.807, 2.05) is 12.1 Å². The van der Waals surface area contributed by atoms with E-state index in [1.54, 1.807) is 23.9 Å². The summed E-state index contributed by atoms with van der Waals surface area (Å²) in [6, 6.07) is 7.26. The molecule has 0 radical (unpaired) electrons. The summed E-state index contributed by atoms with van der Waals surface area (Å²) in [6.45, 7) is 2.89. The van der Waals surface area contributed by atoms with Gasteiger partial charge in [-0.05, 0) is 37.2 Å². The first-order valence-electron chi connectivity index (χ1n) is 4.38. The average molecular weight is 197 g/mol. The van der Waals surface area contributed by atoms with Gasteiger partial charge in [-0.15, -0.1) is 11.8 Å². The fraction of sp³-hybridized carbons (Fsp3) is 0.400. The Morgan fingerprint density at radius 3 is 2.54 bits per heavy atom. The zero-order valence-corrected chi connectivity index (χ0v) is 8.55. The molecule has 0 aliphatic rings. The normalized spacial score (nSPS) is 12.8. The first kappa shape index (κ1) is 10.4. The molecular formula is C10H15NOS. The first-order chi connectivity index (χ1) is 6.22. The average Bonchev–Trinajstić information content (AvgIpc) is 2.09. The minimum absolute atomic E-state index is 0.316. The van der Waals surface area contributed by atoms with E-state index in [0.717, 1.165) is 13.0 Å². The number of phenolic OH excluding ortho intramolecular Hbond substituents is 1. The van der Waals surface area contributed by atoms with E-state index in [-0.39, 0.29) is 0 Å². The summed E-state index contributed by atoms with van der Waals surface area (Å²) < 4.78 is 0. The molecule has 2 nitrogen and oxygen atoms in total. The Morgan fingerprint density at radius 1 is 1.38 bits per heavy atom. The third kappa shape index (κ3) is 3.70. The molecule has 0 heterocycles. The van der Waals surface area contributed by atoms with Crippen LogP contribution in [-0.4, -0.2) is 16.9 Å². The number of benzene rings is 1. The highest BCUT2D eigenvalue weighted by Gasteiger charge is 2.02. The van der Waals surface area contributed by atoms with E-state index >= 15 is 0 Å². The number of hydrogen-bond acceptors (Lipinski definition) is 3. The van der Waals surface area contributed by atoms with Gasteiger partial charge >= 0.3 is 0 Å². The summed E-state index contributed by atoms with van der Waals surface area (Å²) in [5.74, 6) is 0.316. The zero-order chi connectivity index (χ0) is 9.68. The highest BCUT2D eigenvalue weighted by Crippen LogP contribution is 2.26. The van der Waals surface area contributed by atoms with Gasteiger partial charge in [0, 0.05) is 10.1 Å². The molecule has 1 aromatic rings. The smallest absolute Gasteiger partial charge is 0.115 e. The molecule has 3 heteroatoms. The molecule has 0 aromatic heterocycles. The minimum Gasteiger partial charge on any atom is -0.508 e. The van der Waals surface area contributed by atoms with Crippen LogP contribution < -0.4 is 5.73 Å². The van der Waals surface area contributed by atoms with E-state index in [0.29, 0.717) is 11.0 Å². The van der Waals surface area contributed by atoms with Gasteiger partial charge < -0.3 is 10.8 Å². The van der Waals surface area contributed by atoms with Crippen molar-refractivity contribution in [3.63, 3.8) is 0 Å². The molecule has 0 aliphatic carbocycles. The van der Waals surface area contributed by atoms with Crippen molar-refractivity contribution in [2.75, 3.05) is 6.54 Å². The van der Waals surface area contributed by atoms with Gasteiger partial charge in [0.05, 0.1) is 0 Å². The molecule has 0 bridgehead atoms. The van der Waals surface area contributed by atoms with E-state index in [4.69, 9.17) is 10.8 Å². The number of hydrogen-bond donors (Lipinski definition) is 2. The maximum absolute atomic E-state index is 9.06. The summed E-state index contributed by atoms with van der Waals surface area (Å²) in [5.41, 5.74) is 5.45. The van der Waals surface area contributed by atoms with Gasteiger partial charge in [0.25, 0.3) is 0 Å². The maximum Gasteiger partial charge on any atom is 0.115 e. The van der Waals surface area contributed by atoms with Crippen LogP contribution in [0.5, 0.6) is 5.75 Å². The van der Waals surface area contributed by atoms with Crippen molar-refractivity contribution in [3.05, 3.63) is 24.3 Å². The van der Waals surface area contributed by atoms with E-state index in [1.165, 1.54) is 4.90 Å². The Kier molecular flexibility index (Phi) is 4.12. The van der Waals surface area contributed by atoms with Gasteiger partial charge in [-0.2, -0.15) is 0 Å². The minimum atomic E-state index is 0.316. The lowest BCUT2D eigenvalue weighted by Gasteiger charge is -2.08. The summed E-state index contributed by atoms with van der Waals surface area (Å²) in [6.07, 6.45) is 1.02. The largest absolute Gasteiger partial charge is 0.508 e. The SMILES string of the molecule is CC(CCN)Sc1ccc(O)cc1. The lowest BCUT2D eigenvalue weighted by Crippen LogP contribution is -2.06. The highest BCUT2D eigenvalue weighted by molar-refractivity contribution is 7.99. The first-order valence-corrected chi connectivity index (χ1v) is 5.26. The van der Waals surface area contributed by atoms with Crippen LogP contribution >= 0.6 is 11.8 Å². The molecular weight excluding hydrogens is 182 g/mol. The van der Waals surface area contributed by atoms with Crippen LogP contribution in [0, 0.1) is 0 Å². The second-order valence-corrected chi connectivity index (χ2v) is 4.51. The molecule has 1 atom stereocenters. The molecule has 0 spiro atoms. The summed E-state index contributed by atoms with van der Waals surface area (Å²) in [4.78, 5) is 1.18. The van der Waals surface area contributed by atoms with Crippen molar-refractivity contribution in [3.8, 4) is 5.75 Å². The van der Waals surface area contributed by atoms with Crippen LogP contribution in [0.25, 0.3) is 0 Å². The topological polar surface area (TPSA) is 46.2 Å². The Morgan fingerprint density at radius 2 is 2.00 bits per heavy atom. The number of rotatable bonds is 4. The molecule has 72 valence electrons. The van der Waals surface area contributed by atoms with Crippen molar-refractivity contribution in [1.29, 1.82) is 0 Å². The van der Waals surface area contributed by atoms with Crippen LogP contribution in [0.2, 0.25) is 0 Å². The second kappa shape index (κ2) is 5.14. The van der Waals surface area contributed by atoms with Crippen molar-refractivity contribution in [2.24, 2.45) is 5.73 Å². The zero-order valence-electron chi connectivity index (χ0n) is 7.73. The third-order valence-corrected chi connectivity index (χ3v) is 2.93. The maximum atomic E-state index is 9.06. The molecule has 0 amide bonds. The van der Waals surface area contributed by atoms with Gasteiger partial charge in [0.15, 0.2) is 0 Å². The Bertz CT molecular complexity index is 248. The van der Waals surface area contributed by atoms with Crippen molar-refractivity contribution >= 4 is 11.8 Å². The standard InChI is InChI=1S/C10H15NOS/c1-8(6-7-11)13-10-4-2-9(12)3-5-10/h2-5,8,12H,6-7,11H2,1H3. The van der Waals surface area contributed by atoms with Crippen LogP contribution in [0.3, 0.4) is 0 Å². The molecule has 0 fully saturated rings. The molecule has 1 rings (SSSR count). The van der Waals surface area contributed by atoms with Crippen molar-refractivity contribution < 1.29 is 5.11 Å². The molecule has 0 saturated heterocycles. The van der Waals surface area contributed by atoms with Crippen LogP contribution in [0.4, 0.5) is 0 Å². The lowest BCUT2D eigenvalue weighted by atomic mass is 10.3. The van der Waals surface area contributed by atoms with E-state index < -0.39 is 0 Å². The van der Waals surface area contributed by atoms with E-state index in [2.05, 4.69) is 6.92 Å². The predicted octanol–water partition coefficient (Wildman–Crippen LogP) is 2.22. The molecule has 0 aliphatic heterocycles.